The van der Waals surface area contributed by atoms with Crippen LogP contribution in [0.3, 0.4) is 0 Å². The van der Waals surface area contributed by atoms with Gasteiger partial charge in [0.1, 0.15) is 11.3 Å². The maximum absolute atomic E-state index is 5.95. The Bertz CT molecular complexity index is 528. The predicted molar refractivity (Wildman–Crippen MR) is 78.2 cm³/mol. The van der Waals surface area contributed by atoms with Gasteiger partial charge in [-0.05, 0) is 35.6 Å². The third-order valence-electron chi connectivity index (χ3n) is 3.61. The summed E-state index contributed by atoms with van der Waals surface area (Å²) in [7, 11) is 0. The highest BCUT2D eigenvalue weighted by Gasteiger charge is 2.16. The van der Waals surface area contributed by atoms with Gasteiger partial charge in [0.25, 0.3) is 0 Å². The molecule has 0 amide bonds. The maximum atomic E-state index is 5.95. The molecule has 98 valence electrons. The van der Waals surface area contributed by atoms with Gasteiger partial charge in [-0.15, -0.1) is 0 Å². The number of benzene rings is 1. The molecule has 0 aliphatic heterocycles. The summed E-state index contributed by atoms with van der Waals surface area (Å²) in [6.07, 6.45) is 2.39. The number of hydrogen-bond donors (Lipinski definition) is 0. The first-order chi connectivity index (χ1) is 8.41. The van der Waals surface area contributed by atoms with E-state index in [1.54, 1.807) is 0 Å². The van der Waals surface area contributed by atoms with Gasteiger partial charge in [0.2, 0.25) is 0 Å². The largest absolute Gasteiger partial charge is 0.461 e. The predicted octanol–water partition coefficient (Wildman–Crippen LogP) is 5.63. The molecule has 0 saturated carbocycles. The lowest BCUT2D eigenvalue weighted by molar-refractivity contribution is 0.486. The van der Waals surface area contributed by atoms with E-state index in [9.17, 15) is 0 Å². The lowest BCUT2D eigenvalue weighted by atomic mass is 9.86. The van der Waals surface area contributed by atoms with Crippen molar-refractivity contribution in [3.05, 3.63) is 35.6 Å². The Labute approximate surface area is 110 Å². The Morgan fingerprint density at radius 3 is 2.50 bits per heavy atom. The van der Waals surface area contributed by atoms with Gasteiger partial charge in [-0.25, -0.2) is 0 Å². The van der Waals surface area contributed by atoms with Crippen LogP contribution < -0.4 is 0 Å². The van der Waals surface area contributed by atoms with E-state index in [4.69, 9.17) is 4.42 Å². The first kappa shape index (κ1) is 13.2. The van der Waals surface area contributed by atoms with Crippen molar-refractivity contribution in [1.29, 1.82) is 0 Å². The van der Waals surface area contributed by atoms with Gasteiger partial charge in [-0.2, -0.15) is 0 Å². The van der Waals surface area contributed by atoms with Crippen molar-refractivity contribution in [2.24, 2.45) is 0 Å². The van der Waals surface area contributed by atoms with Crippen LogP contribution >= 0.6 is 0 Å². The van der Waals surface area contributed by atoms with Gasteiger partial charge >= 0.3 is 0 Å². The van der Waals surface area contributed by atoms with E-state index in [1.807, 2.05) is 0 Å². The van der Waals surface area contributed by atoms with Gasteiger partial charge in [0.15, 0.2) is 0 Å². The fraction of sp³-hybridized carbons (Fsp3) is 0.529. The molecule has 2 rings (SSSR count). The zero-order valence-electron chi connectivity index (χ0n) is 12.2. The van der Waals surface area contributed by atoms with Gasteiger partial charge < -0.3 is 4.42 Å². The molecule has 1 aromatic carbocycles. The van der Waals surface area contributed by atoms with Crippen molar-refractivity contribution in [1.82, 2.24) is 0 Å². The summed E-state index contributed by atoms with van der Waals surface area (Å²) in [4.78, 5) is 0. The number of rotatable bonds is 3. The highest BCUT2D eigenvalue weighted by molar-refractivity contribution is 5.79. The minimum Gasteiger partial charge on any atom is -0.461 e. The summed E-state index contributed by atoms with van der Waals surface area (Å²) < 4.78 is 5.95. The third-order valence-corrected chi connectivity index (χ3v) is 3.61. The molecule has 0 fully saturated rings. The molecular formula is C17H24O. The van der Waals surface area contributed by atoms with Crippen molar-refractivity contribution in [2.75, 3.05) is 0 Å². The molecule has 1 nitrogen and oxygen atoms in total. The standard InChI is InChI=1S/C17H24O/c1-6-7-12(2)16-11-13-10-14(17(3,4)5)8-9-15(13)18-16/h8-12H,6-7H2,1-5H3. The van der Waals surface area contributed by atoms with Crippen molar-refractivity contribution < 1.29 is 4.42 Å². The Hall–Kier alpha value is -1.24. The molecular weight excluding hydrogens is 220 g/mol. The lowest BCUT2D eigenvalue weighted by Crippen LogP contribution is -2.10. The van der Waals surface area contributed by atoms with Crippen LogP contribution in [0.1, 0.15) is 64.7 Å². The van der Waals surface area contributed by atoms with Crippen LogP contribution in [0.15, 0.2) is 28.7 Å². The van der Waals surface area contributed by atoms with Crippen molar-refractivity contribution in [3.63, 3.8) is 0 Å². The summed E-state index contributed by atoms with van der Waals surface area (Å²) in [5, 5.41) is 1.24. The summed E-state index contributed by atoms with van der Waals surface area (Å²) in [6.45, 7) is 11.2. The first-order valence-corrected chi connectivity index (χ1v) is 6.96. The second kappa shape index (κ2) is 4.79. The highest BCUT2D eigenvalue weighted by atomic mass is 16.3. The molecule has 1 aromatic heterocycles. The van der Waals surface area contributed by atoms with Crippen molar-refractivity contribution in [2.45, 2.75) is 58.8 Å². The minimum atomic E-state index is 0.195. The molecule has 0 bridgehead atoms. The zero-order valence-corrected chi connectivity index (χ0v) is 12.2. The normalized spacial score (nSPS) is 14.1. The van der Waals surface area contributed by atoms with Crippen molar-refractivity contribution >= 4 is 11.0 Å². The van der Waals surface area contributed by atoms with Crippen LogP contribution in [0.25, 0.3) is 11.0 Å². The third kappa shape index (κ3) is 2.60. The molecule has 0 radical (unpaired) electrons. The van der Waals surface area contributed by atoms with E-state index in [2.05, 4.69) is 58.9 Å². The summed E-state index contributed by atoms with van der Waals surface area (Å²) >= 11 is 0. The molecule has 18 heavy (non-hydrogen) atoms. The Morgan fingerprint density at radius 2 is 1.89 bits per heavy atom. The molecule has 1 heterocycles. The summed E-state index contributed by atoms with van der Waals surface area (Å²) in [5.74, 6) is 1.64. The summed E-state index contributed by atoms with van der Waals surface area (Å²) in [6, 6.07) is 8.77. The van der Waals surface area contributed by atoms with Crippen LogP contribution in [0, 0.1) is 0 Å². The van der Waals surface area contributed by atoms with Crippen LogP contribution in [-0.2, 0) is 5.41 Å². The number of fused-ring (bicyclic) bond motifs is 1. The van der Waals surface area contributed by atoms with E-state index >= 15 is 0 Å². The summed E-state index contributed by atoms with van der Waals surface area (Å²) in [5.41, 5.74) is 2.58. The van der Waals surface area contributed by atoms with Gasteiger partial charge in [0, 0.05) is 11.3 Å². The Balaban J connectivity index is 2.40. The molecule has 0 saturated heterocycles. The van der Waals surface area contributed by atoms with E-state index in [1.165, 1.54) is 23.8 Å². The minimum absolute atomic E-state index is 0.195. The number of furan rings is 1. The highest BCUT2D eigenvalue weighted by Crippen LogP contribution is 2.31. The molecule has 0 spiro atoms. The maximum Gasteiger partial charge on any atom is 0.134 e. The average molecular weight is 244 g/mol. The van der Waals surface area contributed by atoms with Crippen LogP contribution in [0.2, 0.25) is 0 Å². The van der Waals surface area contributed by atoms with E-state index in [0.717, 1.165) is 11.3 Å². The molecule has 1 unspecified atom stereocenters. The fourth-order valence-electron chi connectivity index (χ4n) is 2.35. The lowest BCUT2D eigenvalue weighted by Gasteiger charge is -2.18. The van der Waals surface area contributed by atoms with Gasteiger partial charge in [-0.1, -0.05) is 47.1 Å². The molecule has 0 N–H and O–H groups in total. The second-order valence-corrected chi connectivity index (χ2v) is 6.34. The SMILES string of the molecule is CCCC(C)c1cc2cc(C(C)(C)C)ccc2o1. The number of hydrogen-bond acceptors (Lipinski definition) is 1. The average Bonchev–Trinajstić information content (AvgIpc) is 2.70. The van der Waals surface area contributed by atoms with Crippen LogP contribution in [0.4, 0.5) is 0 Å². The van der Waals surface area contributed by atoms with E-state index < -0.39 is 0 Å². The smallest absolute Gasteiger partial charge is 0.134 e. The zero-order chi connectivity index (χ0) is 13.3. The molecule has 1 atom stereocenters. The molecule has 0 aliphatic rings. The van der Waals surface area contributed by atoms with E-state index in [-0.39, 0.29) is 5.41 Å². The van der Waals surface area contributed by atoms with Crippen LogP contribution in [0.5, 0.6) is 0 Å². The van der Waals surface area contributed by atoms with Crippen LogP contribution in [-0.4, -0.2) is 0 Å². The topological polar surface area (TPSA) is 13.1 Å². The Kier molecular flexibility index (Phi) is 3.52. The fourth-order valence-corrected chi connectivity index (χ4v) is 2.35. The monoisotopic (exact) mass is 244 g/mol. The first-order valence-electron chi connectivity index (χ1n) is 6.96. The molecule has 1 heteroatoms. The van der Waals surface area contributed by atoms with Crippen molar-refractivity contribution in [3.8, 4) is 0 Å². The quantitative estimate of drug-likeness (QED) is 0.681. The second-order valence-electron chi connectivity index (χ2n) is 6.34. The van der Waals surface area contributed by atoms with Gasteiger partial charge in [0.05, 0.1) is 0 Å². The van der Waals surface area contributed by atoms with E-state index in [0.29, 0.717) is 5.92 Å². The Morgan fingerprint density at radius 1 is 1.17 bits per heavy atom. The molecule has 0 aliphatic carbocycles. The molecule has 2 aromatic rings. The van der Waals surface area contributed by atoms with Gasteiger partial charge in [-0.3, -0.25) is 0 Å².